The number of alkyl halides is 1. The molecule has 5 heteroatoms. The molecule has 4 nitrogen and oxygen atoms in total. The van der Waals surface area contributed by atoms with E-state index in [0.717, 1.165) is 25.9 Å². The lowest BCUT2D eigenvalue weighted by atomic mass is 10.1. The highest BCUT2D eigenvalue weighted by Gasteiger charge is 2.06. The maximum Gasteiger partial charge on any atom is 0.293 e. The highest BCUT2D eigenvalue weighted by Crippen LogP contribution is 2.04. The molecule has 17 heavy (non-hydrogen) atoms. The molecule has 0 spiro atoms. The monoisotopic (exact) mass is 257 g/mol. The van der Waals surface area contributed by atoms with Crippen LogP contribution in [-0.4, -0.2) is 22.0 Å². The maximum absolute atomic E-state index is 11.9. The van der Waals surface area contributed by atoms with Crippen molar-refractivity contribution in [1.29, 1.82) is 0 Å². The second kappa shape index (κ2) is 7.33. The second-order valence-corrected chi connectivity index (χ2v) is 4.62. The van der Waals surface area contributed by atoms with Crippen molar-refractivity contribution in [3.05, 3.63) is 22.7 Å². The van der Waals surface area contributed by atoms with Gasteiger partial charge in [0.15, 0.2) is 5.82 Å². The van der Waals surface area contributed by atoms with Gasteiger partial charge >= 0.3 is 0 Å². The summed E-state index contributed by atoms with van der Waals surface area (Å²) in [5, 5.41) is 3.09. The Morgan fingerprint density at radius 3 is 3.00 bits per heavy atom. The first-order valence-electron chi connectivity index (χ1n) is 6.04. The Morgan fingerprint density at radius 2 is 2.35 bits per heavy atom. The Morgan fingerprint density at radius 1 is 1.59 bits per heavy atom. The quantitative estimate of drug-likeness (QED) is 0.763. The SMILES string of the molecule is CCCn1ccnc(NCC(C)CCCl)c1=O. The van der Waals surface area contributed by atoms with Gasteiger partial charge in [0.1, 0.15) is 0 Å². The Kier molecular flexibility index (Phi) is 6.05. The molecule has 1 heterocycles. The van der Waals surface area contributed by atoms with E-state index in [4.69, 9.17) is 11.6 Å². The normalized spacial score (nSPS) is 12.4. The van der Waals surface area contributed by atoms with Crippen molar-refractivity contribution < 1.29 is 0 Å². The molecule has 0 bridgehead atoms. The summed E-state index contributed by atoms with van der Waals surface area (Å²) in [7, 11) is 0. The minimum atomic E-state index is -0.0487. The summed E-state index contributed by atoms with van der Waals surface area (Å²) in [5.41, 5.74) is -0.0487. The van der Waals surface area contributed by atoms with Crippen LogP contribution in [0.3, 0.4) is 0 Å². The fourth-order valence-electron chi connectivity index (χ4n) is 1.54. The highest BCUT2D eigenvalue weighted by atomic mass is 35.5. The lowest BCUT2D eigenvalue weighted by Gasteiger charge is -2.12. The van der Waals surface area contributed by atoms with Gasteiger partial charge in [-0.2, -0.15) is 0 Å². The number of rotatable bonds is 7. The summed E-state index contributed by atoms with van der Waals surface area (Å²) < 4.78 is 1.68. The average molecular weight is 258 g/mol. The third-order valence-corrected chi connectivity index (χ3v) is 2.82. The number of halogens is 1. The fraction of sp³-hybridized carbons (Fsp3) is 0.667. The Bertz CT molecular complexity index is 392. The van der Waals surface area contributed by atoms with Gasteiger partial charge in [-0.05, 0) is 18.8 Å². The lowest BCUT2D eigenvalue weighted by molar-refractivity contribution is 0.592. The van der Waals surface area contributed by atoms with Crippen LogP contribution in [0.15, 0.2) is 17.2 Å². The predicted octanol–water partition coefficient (Wildman–Crippen LogP) is 2.33. The number of anilines is 1. The van der Waals surface area contributed by atoms with E-state index in [-0.39, 0.29) is 5.56 Å². The summed E-state index contributed by atoms with van der Waals surface area (Å²) in [4.78, 5) is 16.0. The van der Waals surface area contributed by atoms with Crippen LogP contribution in [-0.2, 0) is 6.54 Å². The molecule has 0 aliphatic rings. The summed E-state index contributed by atoms with van der Waals surface area (Å²) in [6.45, 7) is 5.60. The van der Waals surface area contributed by atoms with Crippen molar-refractivity contribution in [2.75, 3.05) is 17.7 Å². The van der Waals surface area contributed by atoms with Gasteiger partial charge in [-0.1, -0.05) is 13.8 Å². The third kappa shape index (κ3) is 4.38. The van der Waals surface area contributed by atoms with Crippen LogP contribution in [0, 0.1) is 5.92 Å². The van der Waals surface area contributed by atoms with Gasteiger partial charge in [0.2, 0.25) is 0 Å². The number of nitrogens with zero attached hydrogens (tertiary/aromatic N) is 2. The number of nitrogens with one attached hydrogen (secondary N) is 1. The van der Waals surface area contributed by atoms with E-state index in [9.17, 15) is 4.79 Å². The number of aryl methyl sites for hydroxylation is 1. The number of aromatic nitrogens is 2. The molecule has 96 valence electrons. The lowest BCUT2D eigenvalue weighted by Crippen LogP contribution is -2.26. The Balaban J connectivity index is 2.65. The second-order valence-electron chi connectivity index (χ2n) is 4.24. The van der Waals surface area contributed by atoms with Crippen LogP contribution < -0.4 is 10.9 Å². The first kappa shape index (κ1) is 14.0. The zero-order valence-corrected chi connectivity index (χ0v) is 11.2. The van der Waals surface area contributed by atoms with E-state index in [1.54, 1.807) is 17.0 Å². The van der Waals surface area contributed by atoms with E-state index in [1.165, 1.54) is 0 Å². The Labute approximate surface area is 107 Å². The van der Waals surface area contributed by atoms with Gasteiger partial charge in [0.05, 0.1) is 0 Å². The van der Waals surface area contributed by atoms with Gasteiger partial charge in [-0.3, -0.25) is 4.79 Å². The Hall–Kier alpha value is -1.03. The molecule has 0 aliphatic carbocycles. The van der Waals surface area contributed by atoms with Crippen LogP contribution >= 0.6 is 11.6 Å². The van der Waals surface area contributed by atoms with Crippen molar-refractivity contribution in [1.82, 2.24) is 9.55 Å². The first-order chi connectivity index (χ1) is 8.19. The van der Waals surface area contributed by atoms with E-state index in [1.807, 2.05) is 6.92 Å². The predicted molar refractivity (Wildman–Crippen MR) is 71.8 cm³/mol. The van der Waals surface area contributed by atoms with Crippen molar-refractivity contribution in [2.24, 2.45) is 5.92 Å². The van der Waals surface area contributed by atoms with Crippen molar-refractivity contribution in [3.63, 3.8) is 0 Å². The molecule has 1 unspecified atom stereocenters. The largest absolute Gasteiger partial charge is 0.365 e. The number of hydrogen-bond acceptors (Lipinski definition) is 3. The van der Waals surface area contributed by atoms with Crippen LogP contribution in [0.4, 0.5) is 5.82 Å². The third-order valence-electron chi connectivity index (χ3n) is 2.60. The van der Waals surface area contributed by atoms with Crippen LogP contribution in [0.2, 0.25) is 0 Å². The number of hydrogen-bond donors (Lipinski definition) is 1. The molecule has 1 N–H and O–H groups in total. The minimum Gasteiger partial charge on any atom is -0.365 e. The van der Waals surface area contributed by atoms with Gasteiger partial charge in [0.25, 0.3) is 5.56 Å². The molecule has 0 saturated carbocycles. The summed E-state index contributed by atoms with van der Waals surface area (Å²) in [5.74, 6) is 1.52. The van der Waals surface area contributed by atoms with Crippen LogP contribution in [0.1, 0.15) is 26.7 Å². The van der Waals surface area contributed by atoms with E-state index < -0.39 is 0 Å². The van der Waals surface area contributed by atoms with Gasteiger partial charge in [-0.15, -0.1) is 11.6 Å². The minimum absolute atomic E-state index is 0.0487. The summed E-state index contributed by atoms with van der Waals surface area (Å²) in [6.07, 6.45) is 5.25. The standard InChI is InChI=1S/C12H20ClN3O/c1-3-7-16-8-6-14-11(12(16)17)15-9-10(2)4-5-13/h6,8,10H,3-5,7,9H2,1-2H3,(H,14,15). The van der Waals surface area contributed by atoms with Gasteiger partial charge < -0.3 is 9.88 Å². The van der Waals surface area contributed by atoms with Crippen LogP contribution in [0.5, 0.6) is 0 Å². The van der Waals surface area contributed by atoms with E-state index in [2.05, 4.69) is 17.2 Å². The molecule has 0 amide bonds. The average Bonchev–Trinajstić information content (AvgIpc) is 2.31. The molecule has 0 radical (unpaired) electrons. The van der Waals surface area contributed by atoms with Crippen molar-refractivity contribution >= 4 is 17.4 Å². The smallest absolute Gasteiger partial charge is 0.293 e. The summed E-state index contributed by atoms with van der Waals surface area (Å²) in [6, 6.07) is 0. The maximum atomic E-state index is 11.9. The van der Waals surface area contributed by atoms with E-state index in [0.29, 0.717) is 17.6 Å². The van der Waals surface area contributed by atoms with Crippen LogP contribution in [0.25, 0.3) is 0 Å². The zero-order chi connectivity index (χ0) is 12.7. The highest BCUT2D eigenvalue weighted by molar-refractivity contribution is 6.17. The molecule has 1 aromatic heterocycles. The molecule has 1 rings (SSSR count). The topological polar surface area (TPSA) is 46.9 Å². The molecule has 0 aromatic carbocycles. The van der Waals surface area contributed by atoms with Crippen molar-refractivity contribution in [3.8, 4) is 0 Å². The first-order valence-corrected chi connectivity index (χ1v) is 6.57. The molecule has 1 aromatic rings. The molecular weight excluding hydrogens is 238 g/mol. The summed E-state index contributed by atoms with van der Waals surface area (Å²) >= 11 is 5.67. The molecule has 0 saturated heterocycles. The van der Waals surface area contributed by atoms with E-state index >= 15 is 0 Å². The van der Waals surface area contributed by atoms with Gasteiger partial charge in [-0.25, -0.2) is 4.98 Å². The van der Waals surface area contributed by atoms with Gasteiger partial charge in [0, 0.05) is 31.4 Å². The molecular formula is C12H20ClN3O. The molecule has 0 fully saturated rings. The molecule has 1 atom stereocenters. The fourth-order valence-corrected chi connectivity index (χ4v) is 1.92. The zero-order valence-electron chi connectivity index (χ0n) is 10.4. The van der Waals surface area contributed by atoms with Crippen molar-refractivity contribution in [2.45, 2.75) is 33.2 Å². The molecule has 0 aliphatic heterocycles.